The molecule has 0 radical (unpaired) electrons. The molecule has 0 N–H and O–H groups in total. The van der Waals surface area contributed by atoms with Gasteiger partial charge in [-0.2, -0.15) is 4.39 Å². The fourth-order valence-electron chi connectivity index (χ4n) is 0.849. The minimum absolute atomic E-state index is 0.279. The summed E-state index contributed by atoms with van der Waals surface area (Å²) in [4.78, 5) is 12.2. The molecule has 1 aromatic rings. The van der Waals surface area contributed by atoms with E-state index >= 15 is 0 Å². The van der Waals surface area contributed by atoms with Crippen molar-refractivity contribution in [3.8, 4) is 0 Å². The maximum absolute atomic E-state index is 12.7. The third-order valence-corrected chi connectivity index (χ3v) is 1.98. The zero-order valence-corrected chi connectivity index (χ0v) is 7.96. The highest BCUT2D eigenvalue weighted by Gasteiger charge is 2.29. The number of hydrogen-bond donors (Lipinski definition) is 0. The summed E-state index contributed by atoms with van der Waals surface area (Å²) in [5, 5.41) is 10.3. The predicted molar refractivity (Wildman–Crippen MR) is 43.5 cm³/mol. The molecule has 0 amide bonds. The number of nitrogens with zero attached hydrogens (tertiary/aromatic N) is 2. The lowest BCUT2D eigenvalue weighted by Crippen LogP contribution is -2.02. The molecule has 0 saturated heterocycles. The molecular formula is C6H2BrF3N2O2. The van der Waals surface area contributed by atoms with Crippen LogP contribution in [-0.4, -0.2) is 9.91 Å². The second kappa shape index (κ2) is 3.91. The van der Waals surface area contributed by atoms with Crippen LogP contribution in [0.1, 0.15) is 12.0 Å². The smallest absolute Gasteiger partial charge is 0.258 e. The third-order valence-electron chi connectivity index (χ3n) is 1.40. The minimum Gasteiger partial charge on any atom is -0.258 e. The number of pyridine rings is 1. The molecule has 0 saturated carbocycles. The molecule has 0 aromatic carbocycles. The number of halogens is 4. The summed E-state index contributed by atoms with van der Waals surface area (Å²) in [6.07, 6.45) is -2.51. The summed E-state index contributed by atoms with van der Waals surface area (Å²) < 4.78 is 36.9. The van der Waals surface area contributed by atoms with Gasteiger partial charge >= 0.3 is 0 Å². The summed E-state index contributed by atoms with van der Waals surface area (Å²) in [5.41, 5.74) is -2.29. The van der Waals surface area contributed by atoms with Crippen LogP contribution in [0, 0.1) is 16.1 Å². The molecule has 1 aromatic heterocycles. The van der Waals surface area contributed by atoms with Gasteiger partial charge in [0.15, 0.2) is 5.56 Å². The Labute approximate surface area is 84.0 Å². The number of nitro groups is 1. The van der Waals surface area contributed by atoms with Crippen LogP contribution in [0.4, 0.5) is 18.9 Å². The lowest BCUT2D eigenvalue weighted by atomic mass is 10.2. The highest BCUT2D eigenvalue weighted by molar-refractivity contribution is 9.10. The maximum Gasteiger partial charge on any atom is 0.298 e. The largest absolute Gasteiger partial charge is 0.298 e. The highest BCUT2D eigenvalue weighted by atomic mass is 79.9. The molecule has 0 spiro atoms. The monoisotopic (exact) mass is 270 g/mol. The average molecular weight is 271 g/mol. The standard InChI is InChI=1S/C6H2BrF3N2O2/c7-2-1-11-6(10)3(5(8)9)4(2)12(13)14/h1,5H. The van der Waals surface area contributed by atoms with Gasteiger partial charge in [-0.3, -0.25) is 10.1 Å². The topological polar surface area (TPSA) is 56.0 Å². The number of aromatic nitrogens is 1. The molecule has 76 valence electrons. The Morgan fingerprint density at radius 1 is 1.57 bits per heavy atom. The first kappa shape index (κ1) is 10.9. The van der Waals surface area contributed by atoms with E-state index in [4.69, 9.17) is 0 Å². The summed E-state index contributed by atoms with van der Waals surface area (Å²) in [6.45, 7) is 0. The van der Waals surface area contributed by atoms with Crippen LogP contribution in [0.5, 0.6) is 0 Å². The van der Waals surface area contributed by atoms with E-state index in [9.17, 15) is 23.3 Å². The predicted octanol–water partition coefficient (Wildman–Crippen LogP) is 2.83. The van der Waals surface area contributed by atoms with Gasteiger partial charge in [0.2, 0.25) is 5.95 Å². The first-order valence-corrected chi connectivity index (χ1v) is 4.01. The molecule has 4 nitrogen and oxygen atoms in total. The molecule has 1 heterocycles. The Kier molecular flexibility index (Phi) is 3.04. The molecule has 0 aliphatic heterocycles. The van der Waals surface area contributed by atoms with Gasteiger partial charge in [-0.25, -0.2) is 13.8 Å². The molecule has 0 bridgehead atoms. The van der Waals surface area contributed by atoms with Crippen molar-refractivity contribution in [1.82, 2.24) is 4.98 Å². The fourth-order valence-corrected chi connectivity index (χ4v) is 1.31. The van der Waals surface area contributed by atoms with E-state index in [2.05, 4.69) is 20.9 Å². The maximum atomic E-state index is 12.7. The van der Waals surface area contributed by atoms with E-state index in [-0.39, 0.29) is 4.47 Å². The van der Waals surface area contributed by atoms with Crippen molar-refractivity contribution in [2.24, 2.45) is 0 Å². The zero-order valence-electron chi connectivity index (χ0n) is 6.38. The van der Waals surface area contributed by atoms with Crippen molar-refractivity contribution in [3.63, 3.8) is 0 Å². The van der Waals surface area contributed by atoms with Crippen molar-refractivity contribution in [1.29, 1.82) is 0 Å². The van der Waals surface area contributed by atoms with E-state index in [1.165, 1.54) is 0 Å². The van der Waals surface area contributed by atoms with Crippen LogP contribution in [0.2, 0.25) is 0 Å². The Bertz CT molecular complexity index is 386. The molecule has 0 aliphatic rings. The Hall–Kier alpha value is -1.18. The Morgan fingerprint density at radius 2 is 2.14 bits per heavy atom. The van der Waals surface area contributed by atoms with E-state index in [1.807, 2.05) is 0 Å². The zero-order chi connectivity index (χ0) is 10.9. The molecule has 0 fully saturated rings. The van der Waals surface area contributed by atoms with Crippen molar-refractivity contribution in [2.75, 3.05) is 0 Å². The van der Waals surface area contributed by atoms with Crippen molar-refractivity contribution < 1.29 is 18.1 Å². The molecule has 14 heavy (non-hydrogen) atoms. The molecule has 1 rings (SSSR count). The van der Waals surface area contributed by atoms with Crippen LogP contribution < -0.4 is 0 Å². The van der Waals surface area contributed by atoms with Crippen molar-refractivity contribution in [2.45, 2.75) is 6.43 Å². The second-order valence-corrected chi connectivity index (χ2v) is 3.07. The minimum atomic E-state index is -3.28. The lowest BCUT2D eigenvalue weighted by Gasteiger charge is -2.03. The van der Waals surface area contributed by atoms with Gasteiger partial charge in [-0.05, 0) is 15.9 Å². The van der Waals surface area contributed by atoms with Crippen LogP contribution in [0.15, 0.2) is 10.7 Å². The molecule has 8 heteroatoms. The quantitative estimate of drug-likeness (QED) is 0.472. The Morgan fingerprint density at radius 3 is 2.50 bits per heavy atom. The van der Waals surface area contributed by atoms with E-state index in [0.717, 1.165) is 6.20 Å². The van der Waals surface area contributed by atoms with E-state index < -0.39 is 28.5 Å². The normalized spacial score (nSPS) is 10.6. The Balaban J connectivity index is 3.50. The molecule has 0 atom stereocenters. The molecule has 0 aliphatic carbocycles. The summed E-state index contributed by atoms with van der Waals surface area (Å²) in [7, 11) is 0. The van der Waals surface area contributed by atoms with E-state index in [1.54, 1.807) is 0 Å². The first-order chi connectivity index (χ1) is 6.45. The van der Waals surface area contributed by atoms with Gasteiger partial charge in [0, 0.05) is 0 Å². The highest BCUT2D eigenvalue weighted by Crippen LogP contribution is 2.35. The van der Waals surface area contributed by atoms with Crippen LogP contribution >= 0.6 is 15.9 Å². The molecule has 0 unspecified atom stereocenters. The number of hydrogen-bond acceptors (Lipinski definition) is 3. The van der Waals surface area contributed by atoms with Gasteiger partial charge < -0.3 is 0 Å². The van der Waals surface area contributed by atoms with Gasteiger partial charge in [-0.1, -0.05) is 0 Å². The second-order valence-electron chi connectivity index (χ2n) is 2.22. The van der Waals surface area contributed by atoms with Gasteiger partial charge in [0.25, 0.3) is 12.1 Å². The third kappa shape index (κ3) is 1.84. The fraction of sp³-hybridized carbons (Fsp3) is 0.167. The summed E-state index contributed by atoms with van der Waals surface area (Å²) in [5.74, 6) is -1.53. The number of alkyl halides is 2. The first-order valence-electron chi connectivity index (χ1n) is 3.21. The van der Waals surface area contributed by atoms with Gasteiger partial charge in [0.1, 0.15) is 4.47 Å². The van der Waals surface area contributed by atoms with Crippen LogP contribution in [0.25, 0.3) is 0 Å². The van der Waals surface area contributed by atoms with Crippen LogP contribution in [-0.2, 0) is 0 Å². The van der Waals surface area contributed by atoms with Crippen LogP contribution in [0.3, 0.4) is 0 Å². The van der Waals surface area contributed by atoms with E-state index in [0.29, 0.717) is 0 Å². The van der Waals surface area contributed by atoms with Crippen molar-refractivity contribution >= 4 is 21.6 Å². The molecular weight excluding hydrogens is 269 g/mol. The summed E-state index contributed by atoms with van der Waals surface area (Å²) in [6, 6.07) is 0. The van der Waals surface area contributed by atoms with Gasteiger partial charge in [-0.15, -0.1) is 0 Å². The average Bonchev–Trinajstić information content (AvgIpc) is 2.07. The van der Waals surface area contributed by atoms with Gasteiger partial charge in [0.05, 0.1) is 11.1 Å². The number of rotatable bonds is 2. The SMILES string of the molecule is O=[N+]([O-])c1c(Br)cnc(F)c1C(F)F. The lowest BCUT2D eigenvalue weighted by molar-refractivity contribution is -0.387. The van der Waals surface area contributed by atoms with Crippen molar-refractivity contribution in [3.05, 3.63) is 32.3 Å². The summed E-state index contributed by atoms with van der Waals surface area (Å²) >= 11 is 2.65.